The number of aryl methyl sites for hydroxylation is 1. The summed E-state index contributed by atoms with van der Waals surface area (Å²) in [6, 6.07) is 2.47. The van der Waals surface area contributed by atoms with Crippen molar-refractivity contribution < 1.29 is 34.8 Å². The van der Waals surface area contributed by atoms with Gasteiger partial charge in [0.25, 0.3) is 0 Å². The molecule has 0 aliphatic heterocycles. The zero-order chi connectivity index (χ0) is 26.6. The normalized spacial score (nSPS) is 14.9. The van der Waals surface area contributed by atoms with Crippen molar-refractivity contribution in [2.24, 2.45) is 0 Å². The Morgan fingerprint density at radius 1 is 1.17 bits per heavy atom. The number of fused-ring (bicyclic) bond motifs is 1. The minimum Gasteiger partial charge on any atom is -0.291 e. The SMILES string of the molecule is Cc1nc2c(cc1C(F)(F)F)c(C#N)c(-c1ccc(S(=O)(=O)NC(C)C(F)(F)F)cn1)n2C1=CC=C1. The van der Waals surface area contributed by atoms with Gasteiger partial charge in [-0.05, 0) is 44.2 Å². The van der Waals surface area contributed by atoms with E-state index < -0.39 is 38.9 Å². The Morgan fingerprint density at radius 3 is 2.31 bits per heavy atom. The van der Waals surface area contributed by atoms with Crippen molar-refractivity contribution in [3.63, 3.8) is 0 Å². The maximum Gasteiger partial charge on any atom is 0.418 e. The Balaban J connectivity index is 1.88. The lowest BCUT2D eigenvalue weighted by Gasteiger charge is -2.17. The van der Waals surface area contributed by atoms with Crippen LogP contribution in [0.2, 0.25) is 0 Å². The fraction of sp³-hybridized carbons (Fsp3) is 0.227. The molecule has 1 aliphatic rings. The standard InChI is InChI=1S/C22H15F6N5O2S/c1-11-17(22(26,27)28)8-15-16(9-29)19(33(20(15)31-11)13-4-3-5-13)18-7-6-14(10-30-18)36(34,35)32-12(2)21(23,24)25/h3-8,10,12,32H,1-2H3. The number of halogens is 6. The van der Waals surface area contributed by atoms with Crippen LogP contribution in [0, 0.1) is 18.3 Å². The second kappa shape index (κ2) is 8.45. The maximum absolute atomic E-state index is 13.5. The van der Waals surface area contributed by atoms with Crippen LogP contribution in [0.1, 0.15) is 23.7 Å². The molecule has 0 amide bonds. The lowest BCUT2D eigenvalue weighted by molar-refractivity contribution is -0.147. The third-order valence-corrected chi connectivity index (χ3v) is 6.98. The summed E-state index contributed by atoms with van der Waals surface area (Å²) in [5.41, 5.74) is -0.921. The van der Waals surface area contributed by atoms with Crippen LogP contribution in [-0.4, -0.2) is 35.2 Å². The average molecular weight is 527 g/mol. The largest absolute Gasteiger partial charge is 0.418 e. The summed E-state index contributed by atoms with van der Waals surface area (Å²) in [6.45, 7) is 1.82. The molecule has 4 rings (SSSR count). The van der Waals surface area contributed by atoms with Gasteiger partial charge in [-0.3, -0.25) is 9.55 Å². The first kappa shape index (κ1) is 25.4. The summed E-state index contributed by atoms with van der Waals surface area (Å²) >= 11 is 0. The molecule has 1 aliphatic carbocycles. The molecular weight excluding hydrogens is 512 g/mol. The van der Waals surface area contributed by atoms with E-state index in [-0.39, 0.29) is 33.7 Å². The second-order valence-electron chi connectivity index (χ2n) is 7.88. The summed E-state index contributed by atoms with van der Waals surface area (Å²) in [6.07, 6.45) is -3.82. The van der Waals surface area contributed by atoms with E-state index >= 15 is 0 Å². The first-order valence-electron chi connectivity index (χ1n) is 10.1. The number of hydrogen-bond acceptors (Lipinski definition) is 5. The first-order chi connectivity index (χ1) is 16.6. The molecule has 1 N–H and O–H groups in total. The molecule has 1 atom stereocenters. The Labute approximate surface area is 200 Å². The number of alkyl halides is 6. The van der Waals surface area contributed by atoms with Gasteiger partial charge in [-0.25, -0.2) is 13.4 Å². The smallest absolute Gasteiger partial charge is 0.291 e. The van der Waals surface area contributed by atoms with Crippen molar-refractivity contribution in [1.82, 2.24) is 19.3 Å². The topological polar surface area (TPSA) is 101 Å². The molecular formula is C22H15F6N5O2S. The van der Waals surface area contributed by atoms with Gasteiger partial charge >= 0.3 is 12.4 Å². The molecule has 36 heavy (non-hydrogen) atoms. The van der Waals surface area contributed by atoms with E-state index in [1.807, 2.05) is 6.07 Å². The molecule has 3 heterocycles. The molecule has 3 aromatic heterocycles. The number of aromatic nitrogens is 3. The van der Waals surface area contributed by atoms with Crippen LogP contribution >= 0.6 is 0 Å². The van der Waals surface area contributed by atoms with E-state index in [1.54, 1.807) is 18.2 Å². The van der Waals surface area contributed by atoms with Gasteiger partial charge in [0, 0.05) is 17.3 Å². The van der Waals surface area contributed by atoms with Gasteiger partial charge in [0.05, 0.1) is 28.2 Å². The van der Waals surface area contributed by atoms with Gasteiger partial charge in [-0.15, -0.1) is 0 Å². The Kier molecular flexibility index (Phi) is 5.96. The molecule has 0 aromatic carbocycles. The molecule has 188 valence electrons. The second-order valence-corrected chi connectivity index (χ2v) is 9.59. The lowest BCUT2D eigenvalue weighted by atomic mass is 10.1. The summed E-state index contributed by atoms with van der Waals surface area (Å²) in [4.78, 5) is 7.53. The zero-order valence-electron chi connectivity index (χ0n) is 18.4. The lowest BCUT2D eigenvalue weighted by Crippen LogP contribution is -2.42. The molecule has 0 spiro atoms. The molecule has 0 saturated heterocycles. The van der Waals surface area contributed by atoms with Crippen LogP contribution in [-0.2, 0) is 16.2 Å². The summed E-state index contributed by atoms with van der Waals surface area (Å²) in [5, 5.41) is 9.74. The van der Waals surface area contributed by atoms with Crippen LogP contribution in [0.25, 0.3) is 28.1 Å². The van der Waals surface area contributed by atoms with E-state index in [0.717, 1.165) is 24.4 Å². The predicted molar refractivity (Wildman–Crippen MR) is 117 cm³/mol. The minimum atomic E-state index is -4.81. The van der Waals surface area contributed by atoms with Crippen LogP contribution in [0.4, 0.5) is 26.3 Å². The van der Waals surface area contributed by atoms with Crippen molar-refractivity contribution in [3.05, 3.63) is 59.4 Å². The van der Waals surface area contributed by atoms with Crippen LogP contribution in [0.3, 0.4) is 0 Å². The number of nitriles is 1. The quantitative estimate of drug-likeness (QED) is 0.474. The first-order valence-corrected chi connectivity index (χ1v) is 11.6. The van der Waals surface area contributed by atoms with Crippen LogP contribution in [0.15, 0.2) is 47.5 Å². The molecule has 7 nitrogen and oxygen atoms in total. The van der Waals surface area contributed by atoms with Gasteiger partial charge in [0.1, 0.15) is 22.7 Å². The number of pyridine rings is 2. The van der Waals surface area contributed by atoms with E-state index in [9.17, 15) is 40.0 Å². The Bertz CT molecular complexity index is 1580. The van der Waals surface area contributed by atoms with E-state index in [4.69, 9.17) is 0 Å². The molecule has 14 heteroatoms. The highest BCUT2D eigenvalue weighted by Gasteiger charge is 2.39. The minimum absolute atomic E-state index is 0.000202. The fourth-order valence-corrected chi connectivity index (χ4v) is 4.74. The predicted octanol–water partition coefficient (Wildman–Crippen LogP) is 4.94. The van der Waals surface area contributed by atoms with Crippen molar-refractivity contribution in [1.29, 1.82) is 5.26 Å². The van der Waals surface area contributed by atoms with Crippen molar-refractivity contribution in [3.8, 4) is 17.5 Å². The Morgan fingerprint density at radius 2 is 1.83 bits per heavy atom. The zero-order valence-corrected chi connectivity index (χ0v) is 19.2. The number of hydrogen-bond donors (Lipinski definition) is 1. The molecule has 0 saturated carbocycles. The van der Waals surface area contributed by atoms with Gasteiger partial charge in [-0.1, -0.05) is 6.08 Å². The van der Waals surface area contributed by atoms with Crippen LogP contribution in [0.5, 0.6) is 0 Å². The highest BCUT2D eigenvalue weighted by atomic mass is 32.2. The third kappa shape index (κ3) is 4.35. The maximum atomic E-state index is 13.5. The number of rotatable bonds is 5. The summed E-state index contributed by atoms with van der Waals surface area (Å²) in [5.74, 6) is 0. The molecule has 0 bridgehead atoms. The number of nitrogens with one attached hydrogen (secondary N) is 1. The summed E-state index contributed by atoms with van der Waals surface area (Å²) < 4.78 is 107. The van der Waals surface area contributed by atoms with E-state index in [0.29, 0.717) is 12.6 Å². The van der Waals surface area contributed by atoms with Crippen LogP contribution < -0.4 is 4.72 Å². The van der Waals surface area contributed by atoms with Gasteiger partial charge in [-0.2, -0.15) is 36.3 Å². The number of nitrogens with zero attached hydrogens (tertiary/aromatic N) is 4. The average Bonchev–Trinajstić information content (AvgIpc) is 3.03. The summed E-state index contributed by atoms with van der Waals surface area (Å²) in [7, 11) is -4.59. The number of allylic oxidation sites excluding steroid dienone is 4. The van der Waals surface area contributed by atoms with E-state index in [2.05, 4.69) is 9.97 Å². The van der Waals surface area contributed by atoms with Gasteiger partial charge in [0.15, 0.2) is 0 Å². The highest BCUT2D eigenvalue weighted by molar-refractivity contribution is 7.89. The van der Waals surface area contributed by atoms with Gasteiger partial charge in [0.2, 0.25) is 10.0 Å². The monoisotopic (exact) mass is 527 g/mol. The van der Waals surface area contributed by atoms with Gasteiger partial charge < -0.3 is 0 Å². The molecule has 0 radical (unpaired) electrons. The third-order valence-electron chi connectivity index (χ3n) is 5.46. The molecule has 0 fully saturated rings. The van der Waals surface area contributed by atoms with Crippen molar-refractivity contribution in [2.75, 3.05) is 0 Å². The van der Waals surface area contributed by atoms with Crippen molar-refractivity contribution in [2.45, 2.75) is 37.1 Å². The Hall–Kier alpha value is -3.70. The molecule has 3 aromatic rings. The molecule has 1 unspecified atom stereocenters. The number of sulfonamides is 1. The highest BCUT2D eigenvalue weighted by Crippen LogP contribution is 2.40. The van der Waals surface area contributed by atoms with Crippen molar-refractivity contribution >= 4 is 26.8 Å². The fourth-order valence-electron chi connectivity index (χ4n) is 3.56. The van der Waals surface area contributed by atoms with E-state index in [1.165, 1.54) is 16.2 Å².